The third-order valence-electron chi connectivity index (χ3n) is 4.16. The lowest BCUT2D eigenvalue weighted by molar-refractivity contribution is -0.144. The van der Waals surface area contributed by atoms with Gasteiger partial charge in [-0.3, -0.25) is 9.59 Å². The number of halogens is 1. The predicted octanol–water partition coefficient (Wildman–Crippen LogP) is 2.92. The average molecular weight is 377 g/mol. The molecule has 2 aromatic rings. The minimum Gasteiger partial charge on any atom is -0.480 e. The first-order chi connectivity index (χ1) is 12.3. The lowest BCUT2D eigenvalue weighted by atomic mass is 9.96. The molecule has 1 heterocycles. The molecule has 1 amide bonds. The van der Waals surface area contributed by atoms with Gasteiger partial charge in [0.25, 0.3) is 11.5 Å². The molecule has 1 aromatic carbocycles. The number of carboxylic acids is 1. The van der Waals surface area contributed by atoms with Gasteiger partial charge < -0.3 is 15.0 Å². The van der Waals surface area contributed by atoms with Gasteiger partial charge in [0.15, 0.2) is 0 Å². The maximum Gasteiger partial charge on any atom is 0.329 e. The SMILES string of the molecule is CCCC(C)(NC(=O)c1ccc(=O)n(Cc2ccccc2Cl)c1)C(=O)O. The fourth-order valence-electron chi connectivity index (χ4n) is 2.65. The zero-order valence-electron chi connectivity index (χ0n) is 14.7. The maximum absolute atomic E-state index is 12.5. The average Bonchev–Trinajstić information content (AvgIpc) is 2.58. The molecule has 0 radical (unpaired) electrons. The van der Waals surface area contributed by atoms with Crippen LogP contribution in [0.3, 0.4) is 0 Å². The van der Waals surface area contributed by atoms with E-state index in [-0.39, 0.29) is 17.7 Å². The highest BCUT2D eigenvalue weighted by atomic mass is 35.5. The second kappa shape index (κ2) is 8.19. The minimum atomic E-state index is -1.37. The molecule has 2 N–H and O–H groups in total. The second-order valence-electron chi connectivity index (χ2n) is 6.32. The Hall–Kier alpha value is -2.60. The molecule has 7 heteroatoms. The number of nitrogens with zero attached hydrogens (tertiary/aromatic N) is 1. The standard InChI is InChI=1S/C19H21ClN2O4/c1-3-10-19(2,18(25)26)21-17(24)14-8-9-16(23)22(12-14)11-13-6-4-5-7-15(13)20/h4-9,12H,3,10-11H2,1-2H3,(H,21,24)(H,25,26). The van der Waals surface area contributed by atoms with Gasteiger partial charge in [-0.05, 0) is 31.0 Å². The molecular formula is C19H21ClN2O4. The highest BCUT2D eigenvalue weighted by molar-refractivity contribution is 6.31. The van der Waals surface area contributed by atoms with Crippen LogP contribution in [0.2, 0.25) is 5.02 Å². The Bertz CT molecular complexity index is 878. The molecule has 0 aliphatic rings. The summed E-state index contributed by atoms with van der Waals surface area (Å²) in [6, 6.07) is 9.79. The summed E-state index contributed by atoms with van der Waals surface area (Å²) in [4.78, 5) is 36.1. The van der Waals surface area contributed by atoms with E-state index in [1.54, 1.807) is 18.2 Å². The van der Waals surface area contributed by atoms with E-state index in [0.29, 0.717) is 17.9 Å². The summed E-state index contributed by atoms with van der Waals surface area (Å²) >= 11 is 6.13. The van der Waals surface area contributed by atoms with Crippen molar-refractivity contribution in [1.82, 2.24) is 9.88 Å². The van der Waals surface area contributed by atoms with Crippen molar-refractivity contribution < 1.29 is 14.7 Å². The van der Waals surface area contributed by atoms with Gasteiger partial charge in [-0.2, -0.15) is 0 Å². The van der Waals surface area contributed by atoms with Gasteiger partial charge >= 0.3 is 5.97 Å². The smallest absolute Gasteiger partial charge is 0.329 e. The summed E-state index contributed by atoms with van der Waals surface area (Å²) in [6.07, 6.45) is 2.32. The number of benzene rings is 1. The summed E-state index contributed by atoms with van der Waals surface area (Å²) in [5, 5.41) is 12.5. The number of carboxylic acid groups (broad SMARTS) is 1. The maximum atomic E-state index is 12.5. The first-order valence-corrected chi connectivity index (χ1v) is 8.64. The van der Waals surface area contributed by atoms with Crippen LogP contribution in [-0.4, -0.2) is 27.1 Å². The van der Waals surface area contributed by atoms with E-state index in [1.807, 2.05) is 13.0 Å². The fourth-order valence-corrected chi connectivity index (χ4v) is 2.84. The molecule has 0 saturated heterocycles. The van der Waals surface area contributed by atoms with Crippen LogP contribution < -0.4 is 10.9 Å². The van der Waals surface area contributed by atoms with Gasteiger partial charge in [-0.15, -0.1) is 0 Å². The third-order valence-corrected chi connectivity index (χ3v) is 4.52. The number of amides is 1. The highest BCUT2D eigenvalue weighted by Crippen LogP contribution is 2.16. The normalized spacial score (nSPS) is 13.0. The molecule has 2 rings (SSSR count). The van der Waals surface area contributed by atoms with Crippen molar-refractivity contribution in [1.29, 1.82) is 0 Å². The van der Waals surface area contributed by atoms with Gasteiger partial charge in [0, 0.05) is 17.3 Å². The molecule has 0 fully saturated rings. The molecule has 6 nitrogen and oxygen atoms in total. The molecule has 1 aromatic heterocycles. The molecule has 0 bridgehead atoms. The van der Waals surface area contributed by atoms with Crippen LogP contribution in [0.4, 0.5) is 0 Å². The Morgan fingerprint density at radius 3 is 2.54 bits per heavy atom. The lowest BCUT2D eigenvalue weighted by Gasteiger charge is -2.25. The zero-order valence-corrected chi connectivity index (χ0v) is 15.4. The van der Waals surface area contributed by atoms with Crippen LogP contribution >= 0.6 is 11.6 Å². The van der Waals surface area contributed by atoms with E-state index in [4.69, 9.17) is 11.6 Å². The Balaban J connectivity index is 2.28. The van der Waals surface area contributed by atoms with Crippen molar-refractivity contribution in [3.05, 3.63) is 69.1 Å². The van der Waals surface area contributed by atoms with E-state index >= 15 is 0 Å². The highest BCUT2D eigenvalue weighted by Gasteiger charge is 2.34. The lowest BCUT2D eigenvalue weighted by Crippen LogP contribution is -2.52. The minimum absolute atomic E-state index is 0.209. The number of hydrogen-bond donors (Lipinski definition) is 2. The van der Waals surface area contributed by atoms with E-state index in [1.165, 1.54) is 29.8 Å². The van der Waals surface area contributed by atoms with E-state index in [2.05, 4.69) is 5.32 Å². The Morgan fingerprint density at radius 1 is 1.23 bits per heavy atom. The number of rotatable bonds is 7. The van der Waals surface area contributed by atoms with Crippen LogP contribution in [0, 0.1) is 0 Å². The van der Waals surface area contributed by atoms with Gasteiger partial charge in [-0.25, -0.2) is 4.79 Å². The number of aliphatic carboxylic acids is 1. The van der Waals surface area contributed by atoms with Gasteiger partial charge in [0.2, 0.25) is 0 Å². The van der Waals surface area contributed by atoms with E-state index in [9.17, 15) is 19.5 Å². The van der Waals surface area contributed by atoms with Crippen molar-refractivity contribution in [3.8, 4) is 0 Å². The molecule has 1 atom stereocenters. The molecular weight excluding hydrogens is 356 g/mol. The van der Waals surface area contributed by atoms with Crippen LogP contribution in [0.25, 0.3) is 0 Å². The first kappa shape index (κ1) is 19.7. The molecule has 0 aliphatic heterocycles. The van der Waals surface area contributed by atoms with Crippen LogP contribution in [0.5, 0.6) is 0 Å². The number of aromatic nitrogens is 1. The number of carbonyl (C=O) groups is 2. The fraction of sp³-hybridized carbons (Fsp3) is 0.316. The van der Waals surface area contributed by atoms with Crippen LogP contribution in [-0.2, 0) is 11.3 Å². The Labute approximate surface area is 156 Å². The summed E-state index contributed by atoms with van der Waals surface area (Å²) in [6.45, 7) is 3.53. The quantitative estimate of drug-likeness (QED) is 0.777. The number of pyridine rings is 1. The number of hydrogen-bond acceptors (Lipinski definition) is 3. The summed E-state index contributed by atoms with van der Waals surface area (Å²) in [5.74, 6) is -1.65. The van der Waals surface area contributed by atoms with Gasteiger partial charge in [0.05, 0.1) is 12.1 Å². The molecule has 138 valence electrons. The van der Waals surface area contributed by atoms with Crippen molar-refractivity contribution >= 4 is 23.5 Å². The summed E-state index contributed by atoms with van der Waals surface area (Å²) in [5.41, 5.74) is -0.693. The second-order valence-corrected chi connectivity index (χ2v) is 6.72. The Kier molecular flexibility index (Phi) is 6.21. The predicted molar refractivity (Wildman–Crippen MR) is 99.7 cm³/mol. The molecule has 0 aliphatic carbocycles. The number of carbonyl (C=O) groups excluding carboxylic acids is 1. The van der Waals surface area contributed by atoms with Crippen LogP contribution in [0.15, 0.2) is 47.4 Å². The van der Waals surface area contributed by atoms with E-state index in [0.717, 1.165) is 5.56 Å². The topological polar surface area (TPSA) is 88.4 Å². The van der Waals surface area contributed by atoms with Crippen molar-refractivity contribution in [3.63, 3.8) is 0 Å². The van der Waals surface area contributed by atoms with E-state index < -0.39 is 17.4 Å². The summed E-state index contributed by atoms with van der Waals surface area (Å²) < 4.78 is 1.37. The Morgan fingerprint density at radius 2 is 1.92 bits per heavy atom. The molecule has 1 unspecified atom stereocenters. The molecule has 0 spiro atoms. The van der Waals surface area contributed by atoms with Crippen molar-refractivity contribution in [2.24, 2.45) is 0 Å². The third kappa shape index (κ3) is 4.52. The van der Waals surface area contributed by atoms with Gasteiger partial charge in [-0.1, -0.05) is 43.1 Å². The monoisotopic (exact) mass is 376 g/mol. The number of nitrogens with one attached hydrogen (secondary N) is 1. The van der Waals surface area contributed by atoms with Gasteiger partial charge in [0.1, 0.15) is 5.54 Å². The summed E-state index contributed by atoms with van der Waals surface area (Å²) in [7, 11) is 0. The van der Waals surface area contributed by atoms with Crippen LogP contribution in [0.1, 0.15) is 42.6 Å². The largest absolute Gasteiger partial charge is 0.480 e. The zero-order chi connectivity index (χ0) is 19.3. The molecule has 26 heavy (non-hydrogen) atoms. The first-order valence-electron chi connectivity index (χ1n) is 8.26. The molecule has 0 saturated carbocycles. The van der Waals surface area contributed by atoms with Crippen molar-refractivity contribution in [2.75, 3.05) is 0 Å². The van der Waals surface area contributed by atoms with Crippen molar-refractivity contribution in [2.45, 2.75) is 38.8 Å².